The summed E-state index contributed by atoms with van der Waals surface area (Å²) in [6.45, 7) is 0. The maximum absolute atomic E-state index is 5.73. The van der Waals surface area contributed by atoms with Crippen molar-refractivity contribution in [1.29, 1.82) is 0 Å². The minimum atomic E-state index is 0.417. The van der Waals surface area contributed by atoms with Gasteiger partial charge in [-0.25, -0.2) is 0 Å². The second-order valence-corrected chi connectivity index (χ2v) is 2.49. The Kier molecular flexibility index (Phi) is 1.86. The van der Waals surface area contributed by atoms with E-state index in [1.54, 1.807) is 0 Å². The van der Waals surface area contributed by atoms with E-state index >= 15 is 0 Å². The Morgan fingerprint density at radius 3 is 2.50 bits per heavy atom. The van der Waals surface area contributed by atoms with E-state index in [2.05, 4.69) is 5.32 Å². The first-order valence-electron chi connectivity index (χ1n) is 3.27. The van der Waals surface area contributed by atoms with Crippen molar-refractivity contribution in [3.05, 3.63) is 0 Å². The van der Waals surface area contributed by atoms with Gasteiger partial charge in [-0.3, -0.25) is 0 Å². The molecule has 0 radical (unpaired) electrons. The van der Waals surface area contributed by atoms with E-state index in [0.29, 0.717) is 12.1 Å². The van der Waals surface area contributed by atoms with Crippen LogP contribution < -0.4 is 11.1 Å². The van der Waals surface area contributed by atoms with Gasteiger partial charge in [-0.2, -0.15) is 0 Å². The lowest BCUT2D eigenvalue weighted by atomic mass is 10.2. The third-order valence-electron chi connectivity index (χ3n) is 1.94. The maximum atomic E-state index is 5.73. The zero-order chi connectivity index (χ0) is 5.98. The van der Waals surface area contributed by atoms with Crippen molar-refractivity contribution in [3.8, 4) is 0 Å². The minimum absolute atomic E-state index is 0.417. The molecule has 0 aliphatic heterocycles. The molecule has 0 heterocycles. The summed E-state index contributed by atoms with van der Waals surface area (Å²) in [6, 6.07) is 1.01. The molecule has 48 valence electrons. The van der Waals surface area contributed by atoms with Gasteiger partial charge in [-0.1, -0.05) is 6.42 Å². The lowest BCUT2D eigenvalue weighted by molar-refractivity contribution is 0.518. The summed E-state index contributed by atoms with van der Waals surface area (Å²) in [5.74, 6) is 0. The fraction of sp³-hybridized carbons (Fsp3) is 1.00. The van der Waals surface area contributed by atoms with Gasteiger partial charge in [-0.15, -0.1) is 0 Å². The summed E-state index contributed by atoms with van der Waals surface area (Å²) in [4.78, 5) is 0. The molecule has 0 spiro atoms. The van der Waals surface area contributed by atoms with Gasteiger partial charge in [0.1, 0.15) is 0 Å². The van der Waals surface area contributed by atoms with Crippen LogP contribution in [0.4, 0.5) is 0 Å². The third kappa shape index (κ3) is 1.01. The highest BCUT2D eigenvalue weighted by molar-refractivity contribution is 4.84. The van der Waals surface area contributed by atoms with Crippen LogP contribution in [0.1, 0.15) is 19.3 Å². The molecule has 1 saturated carbocycles. The van der Waals surface area contributed by atoms with E-state index in [-0.39, 0.29) is 0 Å². The van der Waals surface area contributed by atoms with Crippen molar-refractivity contribution in [3.63, 3.8) is 0 Å². The van der Waals surface area contributed by atoms with Gasteiger partial charge in [0.25, 0.3) is 0 Å². The van der Waals surface area contributed by atoms with Crippen molar-refractivity contribution >= 4 is 0 Å². The van der Waals surface area contributed by atoms with E-state index in [9.17, 15) is 0 Å². The van der Waals surface area contributed by atoms with Crippen LogP contribution in [0.5, 0.6) is 0 Å². The number of hydrogen-bond acceptors (Lipinski definition) is 2. The van der Waals surface area contributed by atoms with Crippen molar-refractivity contribution in [2.24, 2.45) is 5.73 Å². The molecule has 1 aliphatic carbocycles. The molecule has 0 bridgehead atoms. The number of nitrogens with two attached hydrogens (primary N) is 1. The zero-order valence-corrected chi connectivity index (χ0v) is 5.35. The van der Waals surface area contributed by atoms with Crippen LogP contribution in [-0.4, -0.2) is 19.1 Å². The third-order valence-corrected chi connectivity index (χ3v) is 1.94. The Hall–Kier alpha value is -0.0800. The summed E-state index contributed by atoms with van der Waals surface area (Å²) in [5, 5.41) is 3.19. The highest BCUT2D eigenvalue weighted by Crippen LogP contribution is 2.15. The molecule has 3 N–H and O–H groups in total. The molecule has 8 heavy (non-hydrogen) atoms. The Morgan fingerprint density at radius 1 is 1.50 bits per heavy atom. The molecular formula is C6H14N2. The van der Waals surface area contributed by atoms with Gasteiger partial charge in [-0.05, 0) is 19.9 Å². The van der Waals surface area contributed by atoms with Gasteiger partial charge in [0.2, 0.25) is 0 Å². The standard InChI is InChI=1S/C6H14N2/c1-8-6-4-2-3-5(6)7/h5-6,8H,2-4,7H2,1H3/t5-,6-/m1/s1. The predicted molar refractivity (Wildman–Crippen MR) is 34.7 cm³/mol. The number of hydrogen-bond donors (Lipinski definition) is 2. The molecule has 0 saturated heterocycles. The van der Waals surface area contributed by atoms with Gasteiger partial charge in [0, 0.05) is 12.1 Å². The van der Waals surface area contributed by atoms with Crippen LogP contribution in [0.25, 0.3) is 0 Å². The average molecular weight is 114 g/mol. The van der Waals surface area contributed by atoms with Crippen molar-refractivity contribution in [2.75, 3.05) is 7.05 Å². The molecule has 0 aromatic heterocycles. The lowest BCUT2D eigenvalue weighted by Crippen LogP contribution is -2.38. The topological polar surface area (TPSA) is 38.0 Å². The summed E-state index contributed by atoms with van der Waals surface area (Å²) < 4.78 is 0. The first-order chi connectivity index (χ1) is 3.84. The van der Waals surface area contributed by atoms with Crippen LogP contribution >= 0.6 is 0 Å². The number of likely N-dealkylation sites (N-methyl/N-ethyl adjacent to an activating group) is 1. The molecule has 2 nitrogen and oxygen atoms in total. The van der Waals surface area contributed by atoms with Crippen LogP contribution in [0.15, 0.2) is 0 Å². The van der Waals surface area contributed by atoms with E-state index in [1.165, 1.54) is 19.3 Å². The van der Waals surface area contributed by atoms with E-state index in [0.717, 1.165) is 0 Å². The van der Waals surface area contributed by atoms with Crippen molar-refractivity contribution in [1.82, 2.24) is 5.32 Å². The molecule has 1 aliphatic rings. The summed E-state index contributed by atoms with van der Waals surface area (Å²) in [6.07, 6.45) is 3.76. The lowest BCUT2D eigenvalue weighted by Gasteiger charge is -2.12. The SMILES string of the molecule is CN[C@@H]1CCC[C@H]1N. The smallest absolute Gasteiger partial charge is 0.0216 e. The largest absolute Gasteiger partial charge is 0.326 e. The molecule has 0 amide bonds. The molecule has 1 rings (SSSR count). The van der Waals surface area contributed by atoms with E-state index in [4.69, 9.17) is 5.73 Å². The van der Waals surface area contributed by atoms with E-state index < -0.39 is 0 Å². The minimum Gasteiger partial charge on any atom is -0.326 e. The molecule has 0 unspecified atom stereocenters. The predicted octanol–water partition coefficient (Wildman–Crippen LogP) is 0.0856. The molecular weight excluding hydrogens is 100 g/mol. The molecule has 2 atom stereocenters. The summed E-state index contributed by atoms with van der Waals surface area (Å²) >= 11 is 0. The fourth-order valence-corrected chi connectivity index (χ4v) is 1.35. The zero-order valence-electron chi connectivity index (χ0n) is 5.35. The first-order valence-corrected chi connectivity index (χ1v) is 3.27. The second-order valence-electron chi connectivity index (χ2n) is 2.49. The Bertz CT molecular complexity index is 72.9. The molecule has 1 fully saturated rings. The Morgan fingerprint density at radius 2 is 2.25 bits per heavy atom. The summed E-state index contributed by atoms with van der Waals surface area (Å²) in [5.41, 5.74) is 5.73. The van der Waals surface area contributed by atoms with E-state index in [1.807, 2.05) is 7.05 Å². The van der Waals surface area contributed by atoms with Crippen LogP contribution in [-0.2, 0) is 0 Å². The van der Waals surface area contributed by atoms with Crippen molar-refractivity contribution in [2.45, 2.75) is 31.3 Å². The van der Waals surface area contributed by atoms with Gasteiger partial charge >= 0.3 is 0 Å². The molecule has 0 aromatic rings. The Labute approximate surface area is 50.4 Å². The number of rotatable bonds is 1. The first kappa shape index (κ1) is 6.05. The maximum Gasteiger partial charge on any atom is 0.0216 e. The quantitative estimate of drug-likeness (QED) is 0.507. The summed E-state index contributed by atoms with van der Waals surface area (Å²) in [7, 11) is 1.98. The monoisotopic (exact) mass is 114 g/mol. The fourth-order valence-electron chi connectivity index (χ4n) is 1.35. The highest BCUT2D eigenvalue weighted by Gasteiger charge is 2.21. The normalized spacial score (nSPS) is 38.2. The number of nitrogens with one attached hydrogen (secondary N) is 1. The van der Waals surface area contributed by atoms with Gasteiger partial charge in [0.15, 0.2) is 0 Å². The highest BCUT2D eigenvalue weighted by atomic mass is 14.9. The Balaban J connectivity index is 2.30. The van der Waals surface area contributed by atoms with Crippen LogP contribution in [0.2, 0.25) is 0 Å². The van der Waals surface area contributed by atoms with Crippen molar-refractivity contribution < 1.29 is 0 Å². The van der Waals surface area contributed by atoms with Gasteiger partial charge < -0.3 is 11.1 Å². The van der Waals surface area contributed by atoms with Gasteiger partial charge in [0.05, 0.1) is 0 Å². The van der Waals surface area contributed by atoms with Crippen LogP contribution in [0.3, 0.4) is 0 Å². The average Bonchev–Trinajstić information content (AvgIpc) is 2.14. The second kappa shape index (κ2) is 2.46. The molecule has 0 aromatic carbocycles. The molecule has 2 heteroatoms. The van der Waals surface area contributed by atoms with Crippen LogP contribution in [0, 0.1) is 0 Å².